The van der Waals surface area contributed by atoms with E-state index in [1.807, 2.05) is 18.2 Å². The second-order valence-electron chi connectivity index (χ2n) is 3.58. The summed E-state index contributed by atoms with van der Waals surface area (Å²) < 4.78 is 6.61. The lowest BCUT2D eigenvalue weighted by atomic mass is 10.0. The zero-order valence-electron chi connectivity index (χ0n) is 9.03. The van der Waals surface area contributed by atoms with Crippen molar-refractivity contribution in [1.29, 1.82) is 0 Å². The summed E-state index contributed by atoms with van der Waals surface area (Å²) in [5.41, 5.74) is 2.32. The molecule has 1 heterocycles. The highest BCUT2D eigenvalue weighted by atomic mass is 79.9. The van der Waals surface area contributed by atoms with Crippen LogP contribution in [0.25, 0.3) is 11.3 Å². The van der Waals surface area contributed by atoms with Crippen molar-refractivity contribution in [1.82, 2.24) is 0 Å². The Hall–Kier alpha value is -1.06. The Morgan fingerprint density at radius 3 is 2.69 bits per heavy atom. The van der Waals surface area contributed by atoms with Crippen LogP contribution in [0.1, 0.15) is 18.2 Å². The molecule has 0 aliphatic rings. The lowest BCUT2D eigenvalue weighted by molar-refractivity contribution is 0.248. The molecular formula is C13H13BrO2. The minimum Gasteiger partial charge on any atom is -0.459 e. The summed E-state index contributed by atoms with van der Waals surface area (Å²) in [6, 6.07) is 9.82. The van der Waals surface area contributed by atoms with Crippen molar-refractivity contribution in [3.05, 3.63) is 46.1 Å². The fourth-order valence-electron chi connectivity index (χ4n) is 1.70. The molecule has 0 unspecified atom stereocenters. The fraction of sp³-hybridized carbons (Fsp3) is 0.231. The first-order valence-corrected chi connectivity index (χ1v) is 6.02. The highest BCUT2D eigenvalue weighted by molar-refractivity contribution is 9.10. The van der Waals surface area contributed by atoms with E-state index in [-0.39, 0.29) is 6.61 Å². The predicted molar refractivity (Wildman–Crippen MR) is 67.1 cm³/mol. The molecule has 0 bridgehead atoms. The van der Waals surface area contributed by atoms with Gasteiger partial charge in [-0.25, -0.2) is 0 Å². The van der Waals surface area contributed by atoms with E-state index in [4.69, 9.17) is 9.52 Å². The average molecular weight is 281 g/mol. The van der Waals surface area contributed by atoms with Crippen molar-refractivity contribution in [2.45, 2.75) is 20.0 Å². The quantitative estimate of drug-likeness (QED) is 0.929. The third-order valence-corrected chi connectivity index (χ3v) is 3.02. The molecule has 1 N–H and O–H groups in total. The van der Waals surface area contributed by atoms with Gasteiger partial charge in [-0.1, -0.05) is 22.9 Å². The Morgan fingerprint density at radius 1 is 1.25 bits per heavy atom. The zero-order chi connectivity index (χ0) is 11.5. The van der Waals surface area contributed by atoms with Crippen LogP contribution in [0.15, 0.2) is 39.2 Å². The van der Waals surface area contributed by atoms with E-state index < -0.39 is 0 Å². The van der Waals surface area contributed by atoms with E-state index in [1.54, 1.807) is 6.07 Å². The Bertz CT molecular complexity index is 488. The number of hydrogen-bond donors (Lipinski definition) is 1. The van der Waals surface area contributed by atoms with Gasteiger partial charge in [-0.15, -0.1) is 0 Å². The molecule has 0 spiro atoms. The number of aryl methyl sites for hydroxylation is 1. The standard InChI is InChI=1S/C13H13BrO2/c1-2-9-7-10(14)3-5-12(9)13-6-4-11(8-15)16-13/h3-7,15H,2,8H2,1H3. The van der Waals surface area contributed by atoms with Gasteiger partial charge in [-0.2, -0.15) is 0 Å². The second-order valence-corrected chi connectivity index (χ2v) is 4.49. The maximum Gasteiger partial charge on any atom is 0.134 e. The van der Waals surface area contributed by atoms with Crippen LogP contribution in [0.2, 0.25) is 0 Å². The van der Waals surface area contributed by atoms with Gasteiger partial charge in [0.05, 0.1) is 0 Å². The molecule has 1 aromatic heterocycles. The molecular weight excluding hydrogens is 268 g/mol. The van der Waals surface area contributed by atoms with Gasteiger partial charge in [-0.05, 0) is 42.3 Å². The molecule has 16 heavy (non-hydrogen) atoms. The van der Waals surface area contributed by atoms with Crippen molar-refractivity contribution in [2.75, 3.05) is 0 Å². The molecule has 0 aliphatic carbocycles. The van der Waals surface area contributed by atoms with Gasteiger partial charge >= 0.3 is 0 Å². The van der Waals surface area contributed by atoms with Crippen LogP contribution in [0.3, 0.4) is 0 Å². The van der Waals surface area contributed by atoms with Gasteiger partial charge in [0.2, 0.25) is 0 Å². The lowest BCUT2D eigenvalue weighted by Crippen LogP contribution is -1.86. The van der Waals surface area contributed by atoms with Crippen molar-refractivity contribution in [3.63, 3.8) is 0 Å². The van der Waals surface area contributed by atoms with Gasteiger partial charge < -0.3 is 9.52 Å². The minimum atomic E-state index is -0.0576. The third kappa shape index (κ3) is 2.20. The topological polar surface area (TPSA) is 33.4 Å². The summed E-state index contributed by atoms with van der Waals surface area (Å²) >= 11 is 3.46. The molecule has 0 aliphatic heterocycles. The normalized spacial score (nSPS) is 10.7. The Labute approximate surface area is 103 Å². The zero-order valence-corrected chi connectivity index (χ0v) is 10.6. The maximum absolute atomic E-state index is 8.97. The van der Waals surface area contributed by atoms with E-state index in [2.05, 4.69) is 28.9 Å². The number of aliphatic hydroxyl groups is 1. The highest BCUT2D eigenvalue weighted by Gasteiger charge is 2.08. The van der Waals surface area contributed by atoms with Crippen molar-refractivity contribution >= 4 is 15.9 Å². The third-order valence-electron chi connectivity index (χ3n) is 2.53. The Kier molecular flexibility index (Phi) is 3.46. The molecule has 2 aromatic rings. The van der Waals surface area contributed by atoms with Gasteiger partial charge in [-0.3, -0.25) is 0 Å². The molecule has 3 heteroatoms. The van der Waals surface area contributed by atoms with Crippen LogP contribution in [0, 0.1) is 0 Å². The van der Waals surface area contributed by atoms with Crippen molar-refractivity contribution < 1.29 is 9.52 Å². The van der Waals surface area contributed by atoms with E-state index >= 15 is 0 Å². The maximum atomic E-state index is 8.97. The molecule has 0 radical (unpaired) electrons. The first-order chi connectivity index (χ1) is 7.74. The first-order valence-electron chi connectivity index (χ1n) is 5.23. The largest absolute Gasteiger partial charge is 0.459 e. The predicted octanol–water partition coefficient (Wildman–Crippen LogP) is 3.76. The molecule has 0 saturated heterocycles. The number of aliphatic hydroxyl groups excluding tert-OH is 1. The number of benzene rings is 1. The lowest BCUT2D eigenvalue weighted by Gasteiger charge is -2.05. The summed E-state index contributed by atoms with van der Waals surface area (Å²) in [4.78, 5) is 0. The molecule has 84 valence electrons. The minimum absolute atomic E-state index is 0.0576. The fourth-order valence-corrected chi connectivity index (χ4v) is 2.11. The Morgan fingerprint density at radius 2 is 2.06 bits per heavy atom. The summed E-state index contributed by atoms with van der Waals surface area (Å²) in [5, 5.41) is 8.97. The highest BCUT2D eigenvalue weighted by Crippen LogP contribution is 2.28. The van der Waals surface area contributed by atoms with E-state index in [0.717, 1.165) is 22.2 Å². The number of rotatable bonds is 3. The van der Waals surface area contributed by atoms with Gasteiger partial charge in [0, 0.05) is 10.0 Å². The van der Waals surface area contributed by atoms with Crippen LogP contribution in [0.5, 0.6) is 0 Å². The summed E-state index contributed by atoms with van der Waals surface area (Å²) in [6.45, 7) is 2.05. The molecule has 1 aromatic carbocycles. The summed E-state index contributed by atoms with van der Waals surface area (Å²) in [7, 11) is 0. The first kappa shape index (κ1) is 11.4. The average Bonchev–Trinajstić information content (AvgIpc) is 2.77. The smallest absolute Gasteiger partial charge is 0.134 e. The monoisotopic (exact) mass is 280 g/mol. The number of hydrogen-bond acceptors (Lipinski definition) is 2. The second kappa shape index (κ2) is 4.85. The molecule has 2 nitrogen and oxygen atoms in total. The van der Waals surface area contributed by atoms with E-state index in [9.17, 15) is 0 Å². The summed E-state index contributed by atoms with van der Waals surface area (Å²) in [5.74, 6) is 1.41. The van der Waals surface area contributed by atoms with Crippen LogP contribution in [-0.4, -0.2) is 5.11 Å². The molecule has 0 fully saturated rings. The van der Waals surface area contributed by atoms with Crippen LogP contribution in [-0.2, 0) is 13.0 Å². The molecule has 0 atom stereocenters. The van der Waals surface area contributed by atoms with Gasteiger partial charge in [0.1, 0.15) is 18.1 Å². The van der Waals surface area contributed by atoms with Crippen LogP contribution >= 0.6 is 15.9 Å². The Balaban J connectivity index is 2.46. The van der Waals surface area contributed by atoms with E-state index in [1.165, 1.54) is 5.56 Å². The van der Waals surface area contributed by atoms with Gasteiger partial charge in [0.15, 0.2) is 0 Å². The summed E-state index contributed by atoms with van der Waals surface area (Å²) in [6.07, 6.45) is 0.948. The molecule has 0 saturated carbocycles. The number of furan rings is 1. The molecule has 2 rings (SSSR count). The SMILES string of the molecule is CCc1cc(Br)ccc1-c1ccc(CO)o1. The molecule has 0 amide bonds. The van der Waals surface area contributed by atoms with Crippen LogP contribution in [0.4, 0.5) is 0 Å². The van der Waals surface area contributed by atoms with E-state index in [0.29, 0.717) is 5.76 Å². The van der Waals surface area contributed by atoms with Crippen LogP contribution < -0.4 is 0 Å². The number of halogens is 1. The van der Waals surface area contributed by atoms with Crippen molar-refractivity contribution in [2.24, 2.45) is 0 Å². The van der Waals surface area contributed by atoms with Gasteiger partial charge in [0.25, 0.3) is 0 Å². The van der Waals surface area contributed by atoms with Crippen molar-refractivity contribution in [3.8, 4) is 11.3 Å².